The van der Waals surface area contributed by atoms with Gasteiger partial charge in [-0.25, -0.2) is 0 Å². The van der Waals surface area contributed by atoms with Crippen LogP contribution in [0.1, 0.15) is 50.4 Å². The predicted molar refractivity (Wildman–Crippen MR) is 119 cm³/mol. The minimum atomic E-state index is -0.443. The van der Waals surface area contributed by atoms with Crippen LogP contribution in [0.3, 0.4) is 0 Å². The smallest absolute Gasteiger partial charge is 0.293 e. The molecule has 0 spiro atoms. The minimum absolute atomic E-state index is 0.00801. The van der Waals surface area contributed by atoms with Gasteiger partial charge in [-0.1, -0.05) is 6.42 Å². The summed E-state index contributed by atoms with van der Waals surface area (Å²) in [7, 11) is 0. The van der Waals surface area contributed by atoms with Crippen molar-refractivity contribution in [2.24, 2.45) is 0 Å². The highest BCUT2D eigenvalue weighted by atomic mass is 16.6. The Morgan fingerprint density at radius 3 is 2.29 bits per heavy atom. The molecule has 9 nitrogen and oxygen atoms in total. The number of carbonyl (C=O) groups excluding carboxylic acids is 2. The highest BCUT2D eigenvalue weighted by Crippen LogP contribution is 2.30. The molecule has 2 aliphatic rings. The van der Waals surface area contributed by atoms with Gasteiger partial charge < -0.3 is 15.1 Å². The molecular formula is C22H33N5O4. The van der Waals surface area contributed by atoms with Crippen molar-refractivity contribution in [3.63, 3.8) is 0 Å². The van der Waals surface area contributed by atoms with Gasteiger partial charge in [0.05, 0.1) is 4.92 Å². The number of piperidine rings is 1. The van der Waals surface area contributed by atoms with E-state index in [1.807, 2.05) is 4.90 Å². The maximum atomic E-state index is 12.7. The molecule has 0 atom stereocenters. The van der Waals surface area contributed by atoms with Gasteiger partial charge in [0.2, 0.25) is 5.91 Å². The summed E-state index contributed by atoms with van der Waals surface area (Å²) in [4.78, 5) is 41.6. The fraction of sp³-hybridized carbons (Fsp3) is 0.636. The van der Waals surface area contributed by atoms with E-state index in [0.29, 0.717) is 38.4 Å². The van der Waals surface area contributed by atoms with Gasteiger partial charge in [0.15, 0.2) is 0 Å². The second kappa shape index (κ2) is 9.64. The van der Waals surface area contributed by atoms with Crippen LogP contribution in [-0.2, 0) is 4.79 Å². The summed E-state index contributed by atoms with van der Waals surface area (Å²) < 4.78 is 0. The summed E-state index contributed by atoms with van der Waals surface area (Å²) in [5.41, 5.74) is 0.517. The minimum Gasteiger partial charge on any atom is -0.362 e. The van der Waals surface area contributed by atoms with Crippen LogP contribution >= 0.6 is 0 Å². The third-order valence-corrected chi connectivity index (χ3v) is 6.39. The molecule has 0 unspecified atom stereocenters. The van der Waals surface area contributed by atoms with Crippen LogP contribution in [0.4, 0.5) is 11.4 Å². The first-order valence-electron chi connectivity index (χ1n) is 11.0. The number of nitrogens with zero attached hydrogens (tertiary/aromatic N) is 4. The molecule has 0 aliphatic carbocycles. The molecule has 0 aromatic heterocycles. The van der Waals surface area contributed by atoms with Gasteiger partial charge >= 0.3 is 0 Å². The Hall–Kier alpha value is -2.68. The zero-order chi connectivity index (χ0) is 22.6. The molecule has 31 heavy (non-hydrogen) atoms. The number of likely N-dealkylation sites (tertiary alicyclic amines) is 1. The van der Waals surface area contributed by atoms with Gasteiger partial charge in [0, 0.05) is 56.8 Å². The van der Waals surface area contributed by atoms with Crippen molar-refractivity contribution < 1.29 is 14.5 Å². The molecule has 9 heteroatoms. The maximum Gasteiger partial charge on any atom is 0.293 e. The average Bonchev–Trinajstić information content (AvgIpc) is 2.77. The Balaban J connectivity index is 1.68. The van der Waals surface area contributed by atoms with E-state index in [0.717, 1.165) is 13.1 Å². The molecule has 0 bridgehead atoms. The summed E-state index contributed by atoms with van der Waals surface area (Å²) in [5, 5.41) is 14.7. The molecule has 1 aromatic rings. The molecular weight excluding hydrogens is 398 g/mol. The molecule has 1 N–H and O–H groups in total. The Bertz CT molecular complexity index is 827. The first-order valence-corrected chi connectivity index (χ1v) is 11.0. The van der Waals surface area contributed by atoms with Crippen LogP contribution in [-0.4, -0.2) is 77.9 Å². The zero-order valence-electron chi connectivity index (χ0n) is 18.7. The van der Waals surface area contributed by atoms with Crippen LogP contribution in [0.15, 0.2) is 18.2 Å². The van der Waals surface area contributed by atoms with Crippen molar-refractivity contribution in [1.82, 2.24) is 15.1 Å². The van der Waals surface area contributed by atoms with E-state index < -0.39 is 4.92 Å². The van der Waals surface area contributed by atoms with Crippen molar-refractivity contribution in [1.29, 1.82) is 0 Å². The number of benzene rings is 1. The lowest BCUT2D eigenvalue weighted by molar-refractivity contribution is -0.384. The molecule has 0 saturated carbocycles. The average molecular weight is 432 g/mol. The molecule has 2 fully saturated rings. The molecule has 2 saturated heterocycles. The van der Waals surface area contributed by atoms with E-state index in [-0.39, 0.29) is 28.6 Å². The number of nitro benzene ring substituents is 1. The third-order valence-electron chi connectivity index (χ3n) is 6.39. The first-order chi connectivity index (χ1) is 14.7. The topological polar surface area (TPSA) is 99.0 Å². The molecule has 2 aliphatic heterocycles. The third kappa shape index (κ3) is 5.52. The van der Waals surface area contributed by atoms with E-state index >= 15 is 0 Å². The van der Waals surface area contributed by atoms with Crippen molar-refractivity contribution in [2.75, 3.05) is 50.7 Å². The van der Waals surface area contributed by atoms with Crippen LogP contribution in [0.25, 0.3) is 0 Å². The van der Waals surface area contributed by atoms with Gasteiger partial charge in [-0.2, -0.15) is 0 Å². The maximum absolute atomic E-state index is 12.7. The number of piperazine rings is 1. The van der Waals surface area contributed by atoms with E-state index in [1.54, 1.807) is 17.0 Å². The summed E-state index contributed by atoms with van der Waals surface area (Å²) in [5.74, 6) is -0.297. The highest BCUT2D eigenvalue weighted by Gasteiger charge is 2.29. The highest BCUT2D eigenvalue weighted by molar-refractivity contribution is 5.95. The number of hydrogen-bond donors (Lipinski definition) is 1. The molecule has 2 amide bonds. The summed E-state index contributed by atoms with van der Waals surface area (Å²) in [6.45, 7) is 10.4. The fourth-order valence-electron chi connectivity index (χ4n) is 4.35. The molecule has 0 radical (unpaired) electrons. The van der Waals surface area contributed by atoms with Crippen molar-refractivity contribution in [2.45, 2.75) is 45.6 Å². The van der Waals surface area contributed by atoms with Crippen molar-refractivity contribution >= 4 is 23.2 Å². The van der Waals surface area contributed by atoms with E-state index in [4.69, 9.17) is 0 Å². The predicted octanol–water partition coefficient (Wildman–Crippen LogP) is 2.26. The van der Waals surface area contributed by atoms with E-state index in [9.17, 15) is 19.7 Å². The second-order valence-electron chi connectivity index (χ2n) is 9.00. The zero-order valence-corrected chi connectivity index (χ0v) is 18.7. The van der Waals surface area contributed by atoms with Gasteiger partial charge in [-0.05, 0) is 51.9 Å². The number of nitrogens with one attached hydrogen (secondary N) is 1. The Labute approximate surface area is 183 Å². The van der Waals surface area contributed by atoms with E-state index in [2.05, 4.69) is 24.1 Å². The van der Waals surface area contributed by atoms with Crippen molar-refractivity contribution in [3.8, 4) is 0 Å². The Morgan fingerprint density at radius 1 is 1.06 bits per heavy atom. The molecule has 1 aromatic carbocycles. The Kier molecular flexibility index (Phi) is 7.15. The summed E-state index contributed by atoms with van der Waals surface area (Å²) >= 11 is 0. The van der Waals surface area contributed by atoms with Crippen LogP contribution in [0, 0.1) is 10.1 Å². The largest absolute Gasteiger partial charge is 0.362 e. The van der Waals surface area contributed by atoms with Gasteiger partial charge in [0.25, 0.3) is 11.6 Å². The molecule has 3 rings (SSSR count). The van der Waals surface area contributed by atoms with Crippen LogP contribution in [0.5, 0.6) is 0 Å². The lowest BCUT2D eigenvalue weighted by Gasteiger charge is -2.41. The monoisotopic (exact) mass is 431 g/mol. The SMILES string of the molecule is CC(=O)N1CCN(c2ccc(C(=O)NCC(C)(C)N3CCCCC3)cc2[N+](=O)[O-])CC1. The number of amides is 2. The number of carbonyl (C=O) groups is 2. The fourth-order valence-corrected chi connectivity index (χ4v) is 4.35. The second-order valence-corrected chi connectivity index (χ2v) is 9.00. The number of hydrogen-bond acceptors (Lipinski definition) is 6. The quantitative estimate of drug-likeness (QED) is 0.548. The summed E-state index contributed by atoms with van der Waals surface area (Å²) in [6, 6.07) is 4.64. The lowest BCUT2D eigenvalue weighted by atomic mass is 9.98. The normalized spacial score (nSPS) is 18.0. The van der Waals surface area contributed by atoms with Crippen LogP contribution in [0.2, 0.25) is 0 Å². The van der Waals surface area contributed by atoms with Gasteiger partial charge in [-0.3, -0.25) is 24.6 Å². The van der Waals surface area contributed by atoms with Gasteiger partial charge in [0.1, 0.15) is 5.69 Å². The number of nitro groups is 1. The number of anilines is 1. The molecule has 2 heterocycles. The van der Waals surface area contributed by atoms with Gasteiger partial charge in [-0.15, -0.1) is 0 Å². The lowest BCUT2D eigenvalue weighted by Crippen LogP contribution is -2.53. The standard InChI is InChI=1S/C22H33N5O4/c1-17(28)24-11-13-25(14-12-24)19-8-7-18(15-20(19)27(30)31)21(29)23-16-22(2,3)26-9-5-4-6-10-26/h7-8,15H,4-6,9-14,16H2,1-3H3,(H,23,29). The van der Waals surface area contributed by atoms with Crippen LogP contribution < -0.4 is 10.2 Å². The Morgan fingerprint density at radius 2 is 1.71 bits per heavy atom. The van der Waals surface area contributed by atoms with E-state index in [1.165, 1.54) is 32.3 Å². The van der Waals surface area contributed by atoms with Crippen molar-refractivity contribution in [3.05, 3.63) is 33.9 Å². The summed E-state index contributed by atoms with van der Waals surface area (Å²) in [6.07, 6.45) is 3.59. The number of rotatable bonds is 6. The first kappa shape index (κ1) is 23.0. The molecule has 170 valence electrons.